The van der Waals surface area contributed by atoms with Gasteiger partial charge in [-0.05, 0) is 82.4 Å². The molecule has 0 atom stereocenters. The molecule has 0 bridgehead atoms. The van der Waals surface area contributed by atoms with Crippen molar-refractivity contribution in [2.45, 2.75) is 13.3 Å². The fraction of sp³-hybridized carbons (Fsp3) is 0.0339. The van der Waals surface area contributed by atoms with Crippen LogP contribution < -0.4 is 5.32 Å². The van der Waals surface area contributed by atoms with Gasteiger partial charge in [-0.3, -0.25) is 14.4 Å². The lowest BCUT2D eigenvalue weighted by molar-refractivity contribution is 0.102. The van der Waals surface area contributed by atoms with Gasteiger partial charge in [0.25, 0.3) is 5.91 Å². The van der Waals surface area contributed by atoms with E-state index in [4.69, 9.17) is 10.2 Å². The molecule has 12 nitrogen and oxygen atoms in total. The molecule has 12 aromatic rings. The number of carbonyl (C=O) groups is 3. The van der Waals surface area contributed by atoms with Crippen LogP contribution in [-0.4, -0.2) is 38.2 Å². The van der Waals surface area contributed by atoms with Crippen LogP contribution in [0.15, 0.2) is 178 Å². The molecule has 2 heterocycles. The predicted molar refractivity (Wildman–Crippen MR) is 280 cm³/mol. The summed E-state index contributed by atoms with van der Waals surface area (Å²) in [5.41, 5.74) is 8.44. The van der Waals surface area contributed by atoms with Crippen LogP contribution in [0, 0.1) is 0 Å². The summed E-state index contributed by atoms with van der Waals surface area (Å²) in [5, 5.41) is 53.0. The van der Waals surface area contributed by atoms with Crippen LogP contribution in [-0.2, 0) is 6.42 Å². The first-order valence-electron chi connectivity index (χ1n) is 23.1. The summed E-state index contributed by atoms with van der Waals surface area (Å²) in [4.78, 5) is 47.7. The highest BCUT2D eigenvalue weighted by Crippen LogP contribution is 2.48. The Balaban J connectivity index is 0.910. The third kappa shape index (κ3) is 6.35. The van der Waals surface area contributed by atoms with E-state index in [-0.39, 0.29) is 39.8 Å². The van der Waals surface area contributed by atoms with Gasteiger partial charge in [-0.2, -0.15) is 5.11 Å². The van der Waals surface area contributed by atoms with Crippen LogP contribution in [0.25, 0.3) is 87.1 Å². The second kappa shape index (κ2) is 15.9. The van der Waals surface area contributed by atoms with E-state index in [1.54, 1.807) is 36.4 Å². The van der Waals surface area contributed by atoms with Gasteiger partial charge < -0.3 is 25.5 Å². The Morgan fingerprint density at radius 2 is 1.20 bits per heavy atom. The Hall–Kier alpha value is -9.81. The summed E-state index contributed by atoms with van der Waals surface area (Å²) >= 11 is 0. The van der Waals surface area contributed by atoms with Crippen molar-refractivity contribution in [3.05, 3.63) is 186 Å². The van der Waals surface area contributed by atoms with E-state index in [9.17, 15) is 24.6 Å². The first kappa shape index (κ1) is 41.4. The molecule has 0 saturated heterocycles. The number of hydrogen-bond donors (Lipinski definition) is 5. The monoisotopic (exact) mass is 923 g/mol. The summed E-state index contributed by atoms with van der Waals surface area (Å²) in [6, 6.07) is 48.9. The maximum Gasteiger partial charge on any atom is 0.259 e. The maximum absolute atomic E-state index is 14.5. The fourth-order valence-electron chi connectivity index (χ4n) is 10.4. The topological polar surface area (TPSA) is 185 Å². The maximum atomic E-state index is 14.5. The molecule has 12 heteroatoms. The molecule has 1 aliphatic rings. The zero-order valence-electron chi connectivity index (χ0n) is 37.7. The number of para-hydroxylation sites is 3. The highest BCUT2D eigenvalue weighted by molar-refractivity contribution is 6.28. The first-order chi connectivity index (χ1) is 34.8. The Kier molecular flexibility index (Phi) is 9.26. The number of phenols is 2. The second-order valence-electron chi connectivity index (χ2n) is 17.7. The summed E-state index contributed by atoms with van der Waals surface area (Å²) in [6.45, 7) is 2.01. The Morgan fingerprint density at radius 1 is 0.563 bits per heavy atom. The lowest BCUT2D eigenvalue weighted by Gasteiger charge is -2.20. The van der Waals surface area contributed by atoms with Crippen LogP contribution in [0.2, 0.25) is 0 Å². The number of azo groups is 2. The van der Waals surface area contributed by atoms with Crippen LogP contribution in [0.5, 0.6) is 11.5 Å². The molecule has 2 aromatic heterocycles. The number of rotatable bonds is 8. The molecule has 0 saturated carbocycles. The quantitative estimate of drug-likeness (QED) is 0.0749. The van der Waals surface area contributed by atoms with Gasteiger partial charge in [0, 0.05) is 70.9 Å². The molecule has 0 aliphatic heterocycles. The number of ketones is 1. The number of phenolic OH excluding ortho intramolecular Hbond substituents is 2. The number of aromatic amines is 2. The number of H-pyrrole nitrogens is 2. The first-order valence-corrected chi connectivity index (χ1v) is 23.1. The van der Waals surface area contributed by atoms with Crippen molar-refractivity contribution in [3.8, 4) is 22.6 Å². The zero-order chi connectivity index (χ0) is 48.1. The molecule has 1 aliphatic carbocycles. The average molecular weight is 924 g/mol. The molecule has 338 valence electrons. The molecule has 1 amide bonds. The predicted octanol–water partition coefficient (Wildman–Crippen LogP) is 15.5. The van der Waals surface area contributed by atoms with Crippen LogP contribution >= 0.6 is 0 Å². The van der Waals surface area contributed by atoms with E-state index >= 15 is 0 Å². The van der Waals surface area contributed by atoms with Crippen molar-refractivity contribution in [1.29, 1.82) is 0 Å². The number of fused-ring (bicyclic) bond motifs is 12. The number of aromatic hydroxyl groups is 2. The van der Waals surface area contributed by atoms with Gasteiger partial charge in [-0.25, -0.2) is 0 Å². The van der Waals surface area contributed by atoms with Crippen molar-refractivity contribution in [2.24, 2.45) is 20.5 Å². The average Bonchev–Trinajstić information content (AvgIpc) is 3.98. The van der Waals surface area contributed by atoms with Crippen molar-refractivity contribution < 1.29 is 24.6 Å². The van der Waals surface area contributed by atoms with Gasteiger partial charge in [-0.15, -0.1) is 15.3 Å². The van der Waals surface area contributed by atoms with Crippen molar-refractivity contribution in [3.63, 3.8) is 0 Å². The molecule has 0 fully saturated rings. The largest absolute Gasteiger partial charge is 0.505 e. The third-order valence-electron chi connectivity index (χ3n) is 13.8. The SMILES string of the molecule is CCc1ccccc1NC(=O)c1cc2ccc3c4ccccc4[nH]c3c2c(N=Nc2ccc3c4c(cccc24)C(=O)c2cc(/N=N/c4c(O)c(C=O)cc5ccc6c7ccccc7[nH]c6c45)ccc2-3)c1O. The molecule has 71 heavy (non-hydrogen) atoms. The minimum Gasteiger partial charge on any atom is -0.505 e. The highest BCUT2D eigenvalue weighted by Gasteiger charge is 2.28. The zero-order valence-corrected chi connectivity index (χ0v) is 37.7. The Labute approximate surface area is 402 Å². The molecule has 10 aromatic carbocycles. The lowest BCUT2D eigenvalue weighted by atomic mass is 9.82. The lowest BCUT2D eigenvalue weighted by Crippen LogP contribution is -2.13. The van der Waals surface area contributed by atoms with Crippen LogP contribution in [0.3, 0.4) is 0 Å². The van der Waals surface area contributed by atoms with Gasteiger partial charge in [-0.1, -0.05) is 116 Å². The number of anilines is 1. The number of nitrogens with zero attached hydrogens (tertiary/aromatic N) is 4. The van der Waals surface area contributed by atoms with Gasteiger partial charge in [0.05, 0.1) is 33.5 Å². The van der Waals surface area contributed by atoms with Gasteiger partial charge in [0.15, 0.2) is 23.6 Å². The molecule has 0 spiro atoms. The molecule has 0 unspecified atom stereocenters. The summed E-state index contributed by atoms with van der Waals surface area (Å²) in [6.07, 6.45) is 1.29. The van der Waals surface area contributed by atoms with Gasteiger partial charge in [0.1, 0.15) is 11.4 Å². The number of amides is 1. The van der Waals surface area contributed by atoms with E-state index in [0.29, 0.717) is 78.8 Å². The summed E-state index contributed by atoms with van der Waals surface area (Å²) in [5.74, 6) is -1.35. The van der Waals surface area contributed by atoms with Crippen LogP contribution in [0.4, 0.5) is 28.4 Å². The van der Waals surface area contributed by atoms with Gasteiger partial charge >= 0.3 is 0 Å². The number of aryl methyl sites for hydroxylation is 1. The molecule has 5 N–H and O–H groups in total. The standard InChI is InChI=1S/C59H37N7O5/c1-2-30-10-3-6-15-45(30)62-59(71)44-27-32-19-22-40-37-12-5-8-17-47(37)61-53(40)50(32)55(58(44)70)66-64-48-25-24-38-35-23-20-34(28-43(35)57(69)42-14-9-13-41(48)51(38)42)63-65-54-49-31(26-33(29-67)56(54)68)18-21-39-36-11-4-7-16-46(36)60-52(39)49/h3-29,60-61,68,70H,2H2,1H3,(H,62,71)/b65-63+,66-64?. The number of aldehydes is 1. The summed E-state index contributed by atoms with van der Waals surface area (Å²) in [7, 11) is 0. The van der Waals surface area contributed by atoms with E-state index < -0.39 is 5.91 Å². The Bertz CT molecular complexity index is 4410. The molecular formula is C59H37N7O5. The van der Waals surface area contributed by atoms with Crippen molar-refractivity contribution >= 4 is 122 Å². The minimum absolute atomic E-state index is 0.0388. The number of carbonyl (C=O) groups excluding carboxylic acids is 3. The minimum atomic E-state index is -0.493. The van der Waals surface area contributed by atoms with Gasteiger partial charge in [0.2, 0.25) is 0 Å². The fourth-order valence-corrected chi connectivity index (χ4v) is 10.4. The number of benzene rings is 10. The second-order valence-corrected chi connectivity index (χ2v) is 17.7. The molecular weight excluding hydrogens is 887 g/mol. The number of aromatic nitrogens is 2. The van der Waals surface area contributed by atoms with E-state index in [2.05, 4.69) is 25.5 Å². The van der Waals surface area contributed by atoms with Crippen molar-refractivity contribution in [1.82, 2.24) is 9.97 Å². The number of hydrogen-bond acceptors (Lipinski definition) is 9. The molecule has 0 radical (unpaired) electrons. The van der Waals surface area contributed by atoms with Crippen LogP contribution in [0.1, 0.15) is 49.1 Å². The molecule has 13 rings (SSSR count). The smallest absolute Gasteiger partial charge is 0.259 e. The number of nitrogens with one attached hydrogen (secondary N) is 3. The van der Waals surface area contributed by atoms with E-state index in [1.165, 1.54) is 0 Å². The highest BCUT2D eigenvalue weighted by atomic mass is 16.3. The van der Waals surface area contributed by atoms with Crippen molar-refractivity contribution in [2.75, 3.05) is 5.32 Å². The third-order valence-corrected chi connectivity index (χ3v) is 13.8. The Morgan fingerprint density at radius 3 is 1.92 bits per heavy atom. The normalized spacial score (nSPS) is 12.5. The summed E-state index contributed by atoms with van der Waals surface area (Å²) < 4.78 is 0. The van der Waals surface area contributed by atoms with E-state index in [1.807, 2.05) is 128 Å². The van der Waals surface area contributed by atoms with E-state index in [0.717, 1.165) is 54.7 Å².